The van der Waals surface area contributed by atoms with Gasteiger partial charge in [-0.1, -0.05) is 25.1 Å². The molecule has 1 unspecified atom stereocenters. The van der Waals surface area contributed by atoms with Gasteiger partial charge in [0.05, 0.1) is 17.8 Å². The number of carbonyl (C=O) groups excluding carboxylic acids is 2. The number of nitrogen functional groups attached to an aromatic ring is 1. The molecular formula is C20H28N6O5S2. The van der Waals surface area contributed by atoms with Crippen LogP contribution >= 0.6 is 11.8 Å². The van der Waals surface area contributed by atoms with Crippen molar-refractivity contribution in [2.45, 2.75) is 48.7 Å². The number of ether oxygens (including phenoxy) is 1. The summed E-state index contributed by atoms with van der Waals surface area (Å²) in [5.41, 5.74) is 6.39. The number of aromatic nitrogens is 3. The van der Waals surface area contributed by atoms with Gasteiger partial charge in [-0.05, 0) is 43.5 Å². The van der Waals surface area contributed by atoms with Crippen molar-refractivity contribution < 1.29 is 22.7 Å². The number of benzene rings is 1. The van der Waals surface area contributed by atoms with Crippen LogP contribution in [-0.2, 0) is 24.3 Å². The third-order valence-electron chi connectivity index (χ3n) is 5.31. The van der Waals surface area contributed by atoms with Crippen LogP contribution in [0.4, 0.5) is 11.6 Å². The number of hydrogen-bond donors (Lipinski definition) is 2. The molecule has 2 aromatic rings. The Kier molecular flexibility index (Phi) is 8.32. The highest BCUT2D eigenvalue weighted by atomic mass is 32.2. The molecule has 13 heteroatoms. The first-order chi connectivity index (χ1) is 15.8. The topological polar surface area (TPSA) is 150 Å². The second-order valence-electron chi connectivity index (χ2n) is 7.48. The number of sulfonamides is 1. The van der Waals surface area contributed by atoms with Crippen LogP contribution in [0.2, 0.25) is 0 Å². The molecule has 0 spiro atoms. The minimum Gasteiger partial charge on any atom is -0.468 e. The van der Waals surface area contributed by atoms with Gasteiger partial charge in [0.2, 0.25) is 21.9 Å². The minimum atomic E-state index is -3.55. The monoisotopic (exact) mass is 496 g/mol. The summed E-state index contributed by atoms with van der Waals surface area (Å²) in [5, 5.41) is 10.9. The molecule has 1 aliphatic rings. The van der Waals surface area contributed by atoms with E-state index in [1.54, 1.807) is 12.1 Å². The fraction of sp³-hybridized carbons (Fsp3) is 0.500. The van der Waals surface area contributed by atoms with E-state index in [9.17, 15) is 18.0 Å². The molecule has 1 saturated heterocycles. The Bertz CT molecular complexity index is 1080. The molecule has 3 N–H and O–H groups in total. The molecule has 2 heterocycles. The van der Waals surface area contributed by atoms with E-state index in [0.29, 0.717) is 30.4 Å². The maximum atomic E-state index is 13.0. The second-order valence-corrected chi connectivity index (χ2v) is 10.4. The summed E-state index contributed by atoms with van der Waals surface area (Å²) in [6, 6.07) is 5.38. The number of carbonyl (C=O) groups is 2. The van der Waals surface area contributed by atoms with Gasteiger partial charge in [0.1, 0.15) is 6.04 Å². The molecule has 3 rings (SSSR count). The number of thioether (sulfide) groups is 1. The Morgan fingerprint density at radius 3 is 2.45 bits per heavy atom. The van der Waals surface area contributed by atoms with E-state index in [4.69, 9.17) is 5.73 Å². The molecule has 1 aromatic heterocycles. The number of amides is 1. The zero-order valence-corrected chi connectivity index (χ0v) is 20.2. The third-order valence-corrected chi connectivity index (χ3v) is 8.14. The Morgan fingerprint density at radius 2 is 1.85 bits per heavy atom. The van der Waals surface area contributed by atoms with Crippen LogP contribution in [-0.4, -0.2) is 65.3 Å². The first kappa shape index (κ1) is 25.0. The number of nitrogens with one attached hydrogen (secondary N) is 1. The molecule has 0 saturated carbocycles. The summed E-state index contributed by atoms with van der Waals surface area (Å²) in [4.78, 5) is 24.7. The van der Waals surface area contributed by atoms with Crippen LogP contribution in [0.3, 0.4) is 0 Å². The van der Waals surface area contributed by atoms with Crippen LogP contribution in [0.15, 0.2) is 34.3 Å². The predicted octanol–water partition coefficient (Wildman–Crippen LogP) is 1.89. The molecule has 1 atom stereocenters. The van der Waals surface area contributed by atoms with Gasteiger partial charge in [0.25, 0.3) is 0 Å². The summed E-state index contributed by atoms with van der Waals surface area (Å²) in [7, 11) is -2.26. The van der Waals surface area contributed by atoms with E-state index >= 15 is 0 Å². The average molecular weight is 497 g/mol. The smallest absolute Gasteiger partial charge is 0.316 e. The summed E-state index contributed by atoms with van der Waals surface area (Å²) in [6.45, 7) is 2.86. The number of hydrogen-bond acceptors (Lipinski definition) is 9. The standard InChI is InChI=1S/C20H28N6O5S2/c1-3-16(26-19(21)23-24-20(26)32-13-17(27)31-2)18(28)22-14-7-9-15(10-8-14)33(29,30)25-11-5-4-6-12-25/h7-10,16H,3-6,11-13H2,1-2H3,(H2,21,23)(H,22,28). The average Bonchev–Trinajstić information content (AvgIpc) is 3.19. The molecule has 33 heavy (non-hydrogen) atoms. The van der Waals surface area contributed by atoms with Gasteiger partial charge >= 0.3 is 5.97 Å². The maximum absolute atomic E-state index is 13.0. The van der Waals surface area contributed by atoms with E-state index in [0.717, 1.165) is 31.0 Å². The highest BCUT2D eigenvalue weighted by Crippen LogP contribution is 2.27. The normalized spacial score (nSPS) is 15.7. The Hall–Kier alpha value is -2.64. The van der Waals surface area contributed by atoms with E-state index < -0.39 is 22.0 Å². The molecule has 11 nitrogen and oxygen atoms in total. The van der Waals surface area contributed by atoms with Gasteiger partial charge in [0.15, 0.2) is 5.16 Å². The summed E-state index contributed by atoms with van der Waals surface area (Å²) < 4.78 is 33.2. The first-order valence-corrected chi connectivity index (χ1v) is 13.0. The highest BCUT2D eigenvalue weighted by molar-refractivity contribution is 7.99. The number of esters is 1. The van der Waals surface area contributed by atoms with Crippen LogP contribution < -0.4 is 11.1 Å². The Morgan fingerprint density at radius 1 is 1.18 bits per heavy atom. The SMILES string of the molecule is CCC(C(=O)Nc1ccc(S(=O)(=O)N2CCCCC2)cc1)n1c(N)nnc1SCC(=O)OC. The summed E-state index contributed by atoms with van der Waals surface area (Å²) in [6.07, 6.45) is 3.15. The van der Waals surface area contributed by atoms with Gasteiger partial charge < -0.3 is 15.8 Å². The highest BCUT2D eigenvalue weighted by Gasteiger charge is 2.27. The molecule has 0 aliphatic carbocycles. The van der Waals surface area contributed by atoms with Crippen LogP contribution in [0.25, 0.3) is 0 Å². The molecule has 180 valence electrons. The number of piperidine rings is 1. The van der Waals surface area contributed by atoms with Crippen LogP contribution in [0.1, 0.15) is 38.6 Å². The maximum Gasteiger partial charge on any atom is 0.316 e. The first-order valence-electron chi connectivity index (χ1n) is 10.6. The van der Waals surface area contributed by atoms with Crippen molar-refractivity contribution >= 4 is 45.3 Å². The van der Waals surface area contributed by atoms with E-state index in [1.165, 1.54) is 28.1 Å². The number of anilines is 2. The van der Waals surface area contributed by atoms with Crippen molar-refractivity contribution in [3.05, 3.63) is 24.3 Å². The number of methoxy groups -OCH3 is 1. The Balaban J connectivity index is 1.73. The molecule has 0 radical (unpaired) electrons. The number of nitrogens with two attached hydrogens (primary N) is 1. The van der Waals surface area contributed by atoms with Crippen molar-refractivity contribution in [3.63, 3.8) is 0 Å². The van der Waals surface area contributed by atoms with Crippen molar-refractivity contribution in [1.82, 2.24) is 19.1 Å². The molecule has 1 amide bonds. The molecule has 1 aromatic carbocycles. The lowest BCUT2D eigenvalue weighted by Gasteiger charge is -2.26. The lowest BCUT2D eigenvalue weighted by molar-refractivity contribution is -0.137. The molecule has 1 fully saturated rings. The van der Waals surface area contributed by atoms with E-state index in [-0.39, 0.29) is 22.5 Å². The fourth-order valence-electron chi connectivity index (χ4n) is 3.54. The lowest BCUT2D eigenvalue weighted by atomic mass is 10.2. The predicted molar refractivity (Wildman–Crippen MR) is 124 cm³/mol. The van der Waals surface area contributed by atoms with Gasteiger partial charge in [-0.15, -0.1) is 10.2 Å². The largest absolute Gasteiger partial charge is 0.468 e. The van der Waals surface area contributed by atoms with Crippen LogP contribution in [0, 0.1) is 0 Å². The summed E-state index contributed by atoms with van der Waals surface area (Å²) in [5.74, 6) is -0.757. The molecule has 0 bridgehead atoms. The third kappa shape index (κ3) is 5.84. The van der Waals surface area contributed by atoms with Gasteiger partial charge in [-0.3, -0.25) is 14.2 Å². The minimum absolute atomic E-state index is 0.000357. The van der Waals surface area contributed by atoms with E-state index in [2.05, 4.69) is 20.3 Å². The van der Waals surface area contributed by atoms with Crippen molar-refractivity contribution in [2.75, 3.05) is 37.0 Å². The fourth-order valence-corrected chi connectivity index (χ4v) is 5.88. The number of rotatable bonds is 9. The number of nitrogens with zero attached hydrogens (tertiary/aromatic N) is 4. The molecular weight excluding hydrogens is 468 g/mol. The summed E-state index contributed by atoms with van der Waals surface area (Å²) >= 11 is 1.07. The zero-order valence-electron chi connectivity index (χ0n) is 18.6. The Labute approximate surface area is 197 Å². The quantitative estimate of drug-likeness (QED) is 0.392. The van der Waals surface area contributed by atoms with Gasteiger partial charge in [-0.2, -0.15) is 4.31 Å². The molecule has 1 aliphatic heterocycles. The van der Waals surface area contributed by atoms with Crippen LogP contribution in [0.5, 0.6) is 0 Å². The van der Waals surface area contributed by atoms with Crippen molar-refractivity contribution in [3.8, 4) is 0 Å². The zero-order chi connectivity index (χ0) is 24.0. The van der Waals surface area contributed by atoms with E-state index in [1.807, 2.05) is 6.92 Å². The second kappa shape index (κ2) is 11.0. The lowest BCUT2D eigenvalue weighted by Crippen LogP contribution is -2.35. The van der Waals surface area contributed by atoms with Crippen molar-refractivity contribution in [2.24, 2.45) is 0 Å². The van der Waals surface area contributed by atoms with Crippen molar-refractivity contribution in [1.29, 1.82) is 0 Å². The van der Waals surface area contributed by atoms with Gasteiger partial charge in [-0.25, -0.2) is 8.42 Å². The van der Waals surface area contributed by atoms with Gasteiger partial charge in [0, 0.05) is 18.8 Å².